The molecule has 0 N–H and O–H groups in total. The molecule has 1 fully saturated rings. The second-order valence-electron chi connectivity index (χ2n) is 8.56. The fourth-order valence-electron chi connectivity index (χ4n) is 4.85. The van der Waals surface area contributed by atoms with Crippen LogP contribution in [0.3, 0.4) is 0 Å². The molecule has 0 bridgehead atoms. The number of rotatable bonds is 3. The second-order valence-corrected chi connectivity index (χ2v) is 8.56. The van der Waals surface area contributed by atoms with Crippen LogP contribution in [0.4, 0.5) is 4.39 Å². The van der Waals surface area contributed by atoms with Crippen LogP contribution in [0.15, 0.2) is 64.2 Å². The standard InChI is InChI=1S/C24H23FN4O3/c25-19-8-4-7-18(15-19)20(30)27-12-9-24(10-13-27)11-14-28-21(31)22(32)29(26-23(24)28)16-17-5-2-1-3-6-17/h1-8,15H,9-14,16H2. The molecule has 8 heteroatoms. The van der Waals surface area contributed by atoms with Crippen LogP contribution in [-0.2, 0) is 18.5 Å². The molecule has 2 aliphatic rings. The highest BCUT2D eigenvalue weighted by molar-refractivity contribution is 5.94. The third kappa shape index (κ3) is 3.45. The van der Waals surface area contributed by atoms with Crippen LogP contribution in [0.1, 0.15) is 41.0 Å². The zero-order valence-corrected chi connectivity index (χ0v) is 17.5. The van der Waals surface area contributed by atoms with Gasteiger partial charge in [-0.3, -0.25) is 19.0 Å². The van der Waals surface area contributed by atoms with Crippen LogP contribution in [0, 0.1) is 5.82 Å². The lowest BCUT2D eigenvalue weighted by molar-refractivity contribution is 0.0661. The average Bonchev–Trinajstić information content (AvgIpc) is 3.16. The summed E-state index contributed by atoms with van der Waals surface area (Å²) >= 11 is 0. The number of amides is 1. The van der Waals surface area contributed by atoms with E-state index in [0.29, 0.717) is 50.3 Å². The van der Waals surface area contributed by atoms with Crippen molar-refractivity contribution in [3.8, 4) is 0 Å². The van der Waals surface area contributed by atoms with E-state index < -0.39 is 16.9 Å². The molecule has 1 aromatic heterocycles. The molecule has 1 amide bonds. The first-order chi connectivity index (χ1) is 15.5. The normalized spacial score (nSPS) is 16.8. The van der Waals surface area contributed by atoms with Gasteiger partial charge in [-0.2, -0.15) is 5.10 Å². The molecular weight excluding hydrogens is 411 g/mol. The number of nitrogens with zero attached hydrogens (tertiary/aromatic N) is 4. The van der Waals surface area contributed by atoms with Crippen LogP contribution < -0.4 is 11.1 Å². The zero-order chi connectivity index (χ0) is 22.3. The minimum Gasteiger partial charge on any atom is -0.339 e. The first-order valence-corrected chi connectivity index (χ1v) is 10.8. The summed E-state index contributed by atoms with van der Waals surface area (Å²) in [4.78, 5) is 39.9. The SMILES string of the molecule is O=C(c1cccc(F)c1)N1CCC2(CC1)CCn1c2nn(Cc2ccccc2)c(=O)c1=O. The number of fused-ring (bicyclic) bond motifs is 2. The Morgan fingerprint density at radius 2 is 1.66 bits per heavy atom. The van der Waals surface area contributed by atoms with Gasteiger partial charge in [0.1, 0.15) is 11.6 Å². The number of carbonyl (C=O) groups is 1. The number of hydrogen-bond donors (Lipinski definition) is 0. The summed E-state index contributed by atoms with van der Waals surface area (Å²) in [6, 6.07) is 15.2. The minimum atomic E-state index is -0.617. The lowest BCUT2D eigenvalue weighted by Crippen LogP contribution is -2.48. The number of piperidine rings is 1. The highest BCUT2D eigenvalue weighted by atomic mass is 19.1. The van der Waals surface area contributed by atoms with Crippen molar-refractivity contribution in [1.29, 1.82) is 0 Å². The quantitative estimate of drug-likeness (QED) is 0.592. The van der Waals surface area contributed by atoms with Gasteiger partial charge in [0.05, 0.1) is 6.54 Å². The van der Waals surface area contributed by atoms with E-state index in [0.717, 1.165) is 5.56 Å². The topological polar surface area (TPSA) is 77.2 Å². The number of carbonyl (C=O) groups excluding carboxylic acids is 1. The van der Waals surface area contributed by atoms with E-state index >= 15 is 0 Å². The van der Waals surface area contributed by atoms with E-state index in [2.05, 4.69) is 5.10 Å². The van der Waals surface area contributed by atoms with Crippen molar-refractivity contribution >= 4 is 5.91 Å². The molecule has 0 radical (unpaired) electrons. The molecule has 1 spiro atoms. The van der Waals surface area contributed by atoms with Gasteiger partial charge in [0.15, 0.2) is 0 Å². The number of benzene rings is 2. The molecule has 3 aromatic rings. The maximum Gasteiger partial charge on any atom is 0.332 e. The van der Waals surface area contributed by atoms with E-state index in [1.165, 1.54) is 27.4 Å². The molecule has 0 unspecified atom stereocenters. The molecule has 164 valence electrons. The van der Waals surface area contributed by atoms with Gasteiger partial charge in [-0.15, -0.1) is 0 Å². The molecule has 2 aliphatic heterocycles. The van der Waals surface area contributed by atoms with Crippen molar-refractivity contribution in [2.75, 3.05) is 13.1 Å². The molecular formula is C24H23FN4O3. The molecule has 2 aromatic carbocycles. The second kappa shape index (κ2) is 7.85. The maximum atomic E-state index is 13.5. The first-order valence-electron chi connectivity index (χ1n) is 10.8. The molecule has 7 nitrogen and oxygen atoms in total. The molecule has 5 rings (SSSR count). The van der Waals surface area contributed by atoms with Crippen molar-refractivity contribution < 1.29 is 9.18 Å². The average molecular weight is 434 g/mol. The van der Waals surface area contributed by atoms with E-state index in [1.807, 2.05) is 30.3 Å². The fraction of sp³-hybridized carbons (Fsp3) is 0.333. The van der Waals surface area contributed by atoms with E-state index in [1.54, 1.807) is 11.0 Å². The van der Waals surface area contributed by atoms with E-state index in [4.69, 9.17) is 0 Å². The van der Waals surface area contributed by atoms with Gasteiger partial charge in [-0.25, -0.2) is 9.07 Å². The number of hydrogen-bond acceptors (Lipinski definition) is 4. The third-order valence-corrected chi connectivity index (χ3v) is 6.68. The summed E-state index contributed by atoms with van der Waals surface area (Å²) < 4.78 is 16.3. The molecule has 1 saturated heterocycles. The Morgan fingerprint density at radius 1 is 0.938 bits per heavy atom. The van der Waals surface area contributed by atoms with Gasteiger partial charge in [0, 0.05) is 30.6 Å². The monoisotopic (exact) mass is 434 g/mol. The summed E-state index contributed by atoms with van der Waals surface area (Å²) in [5.74, 6) is 0.00152. The Bertz CT molecular complexity index is 1290. The van der Waals surface area contributed by atoms with Crippen molar-refractivity contribution in [2.24, 2.45) is 0 Å². The van der Waals surface area contributed by atoms with Gasteiger partial charge in [0.2, 0.25) is 0 Å². The molecule has 0 saturated carbocycles. The lowest BCUT2D eigenvalue weighted by atomic mass is 9.76. The van der Waals surface area contributed by atoms with E-state index in [9.17, 15) is 18.8 Å². The Balaban J connectivity index is 1.41. The lowest BCUT2D eigenvalue weighted by Gasteiger charge is -2.38. The summed E-state index contributed by atoms with van der Waals surface area (Å²) in [6.45, 7) is 1.68. The van der Waals surface area contributed by atoms with Crippen LogP contribution in [0.2, 0.25) is 0 Å². The highest BCUT2D eigenvalue weighted by Gasteiger charge is 2.45. The Morgan fingerprint density at radius 3 is 2.38 bits per heavy atom. The van der Waals surface area contributed by atoms with Gasteiger partial charge in [-0.1, -0.05) is 36.4 Å². The Labute approximate surface area is 183 Å². The predicted octanol–water partition coefficient (Wildman–Crippen LogP) is 2.17. The molecule has 3 heterocycles. The molecule has 0 atom stereocenters. The predicted molar refractivity (Wildman–Crippen MR) is 116 cm³/mol. The summed E-state index contributed by atoms with van der Waals surface area (Å²) in [5.41, 5.74) is -0.272. The minimum absolute atomic E-state index is 0.197. The summed E-state index contributed by atoms with van der Waals surface area (Å²) in [6.07, 6.45) is 2.00. The van der Waals surface area contributed by atoms with E-state index in [-0.39, 0.29) is 17.9 Å². The van der Waals surface area contributed by atoms with Gasteiger partial charge >= 0.3 is 11.1 Å². The van der Waals surface area contributed by atoms with Crippen molar-refractivity contribution in [2.45, 2.75) is 37.8 Å². The highest BCUT2D eigenvalue weighted by Crippen LogP contribution is 2.41. The van der Waals surface area contributed by atoms with Crippen LogP contribution in [0.5, 0.6) is 0 Å². The largest absolute Gasteiger partial charge is 0.339 e. The Hall–Kier alpha value is -3.55. The molecule has 0 aliphatic carbocycles. The summed E-state index contributed by atoms with van der Waals surface area (Å²) in [7, 11) is 0. The fourth-order valence-corrected chi connectivity index (χ4v) is 4.85. The van der Waals surface area contributed by atoms with Crippen LogP contribution in [0.25, 0.3) is 0 Å². The first kappa shape index (κ1) is 20.4. The van der Waals surface area contributed by atoms with Crippen molar-refractivity contribution in [1.82, 2.24) is 19.2 Å². The molecule has 32 heavy (non-hydrogen) atoms. The van der Waals surface area contributed by atoms with Crippen molar-refractivity contribution in [3.63, 3.8) is 0 Å². The van der Waals surface area contributed by atoms with Crippen LogP contribution in [-0.4, -0.2) is 38.2 Å². The third-order valence-electron chi connectivity index (χ3n) is 6.68. The number of aromatic nitrogens is 3. The smallest absolute Gasteiger partial charge is 0.332 e. The van der Waals surface area contributed by atoms with Gasteiger partial charge in [-0.05, 0) is 43.0 Å². The number of likely N-dealkylation sites (tertiary alicyclic amines) is 1. The summed E-state index contributed by atoms with van der Waals surface area (Å²) in [5, 5.41) is 4.64. The van der Waals surface area contributed by atoms with Crippen LogP contribution >= 0.6 is 0 Å². The van der Waals surface area contributed by atoms with Gasteiger partial charge in [0.25, 0.3) is 5.91 Å². The zero-order valence-electron chi connectivity index (χ0n) is 17.5. The Kier molecular flexibility index (Phi) is 5.00. The van der Waals surface area contributed by atoms with Crippen molar-refractivity contribution in [3.05, 3.63) is 98.1 Å². The number of halogens is 1. The maximum absolute atomic E-state index is 13.5. The van der Waals surface area contributed by atoms with Gasteiger partial charge < -0.3 is 4.90 Å².